The predicted molar refractivity (Wildman–Crippen MR) is 82.4 cm³/mol. The van der Waals surface area contributed by atoms with Gasteiger partial charge in [-0.3, -0.25) is 9.20 Å². The van der Waals surface area contributed by atoms with E-state index in [2.05, 4.69) is 15.5 Å². The van der Waals surface area contributed by atoms with Gasteiger partial charge in [-0.15, -0.1) is 10.2 Å². The van der Waals surface area contributed by atoms with Crippen molar-refractivity contribution < 1.29 is 9.90 Å². The lowest BCUT2D eigenvalue weighted by Gasteiger charge is -2.31. The number of rotatable bonds is 5. The Morgan fingerprint density at radius 3 is 2.91 bits per heavy atom. The number of fused-ring (bicyclic) bond motifs is 1. The number of aliphatic hydroxyl groups is 1. The van der Waals surface area contributed by atoms with Crippen LogP contribution in [-0.4, -0.2) is 37.8 Å². The molecule has 0 radical (unpaired) electrons. The highest BCUT2D eigenvalue weighted by molar-refractivity contribution is 5.77. The largest absolute Gasteiger partial charge is 0.389 e. The molecule has 1 aliphatic rings. The number of nitrogens with zero attached hydrogens (tertiary/aromatic N) is 3. The Labute approximate surface area is 129 Å². The maximum absolute atomic E-state index is 12.0. The SMILES string of the molecule is O=C(CC1(O)CCCCC1)NCCc1nnc2ccccn12. The van der Waals surface area contributed by atoms with E-state index in [-0.39, 0.29) is 12.3 Å². The van der Waals surface area contributed by atoms with Crippen LogP contribution in [0, 0.1) is 0 Å². The third-order valence-electron chi connectivity index (χ3n) is 4.33. The molecule has 22 heavy (non-hydrogen) atoms. The molecule has 1 amide bonds. The van der Waals surface area contributed by atoms with Gasteiger partial charge in [0.25, 0.3) is 0 Å². The van der Waals surface area contributed by atoms with E-state index in [1.807, 2.05) is 28.8 Å². The number of hydrogen-bond acceptors (Lipinski definition) is 4. The maximum Gasteiger partial charge on any atom is 0.222 e. The fourth-order valence-electron chi connectivity index (χ4n) is 3.12. The summed E-state index contributed by atoms with van der Waals surface area (Å²) in [6.07, 6.45) is 7.37. The van der Waals surface area contributed by atoms with Crippen LogP contribution in [0.15, 0.2) is 24.4 Å². The van der Waals surface area contributed by atoms with Gasteiger partial charge >= 0.3 is 0 Å². The molecule has 0 saturated heterocycles. The monoisotopic (exact) mass is 302 g/mol. The van der Waals surface area contributed by atoms with E-state index in [1.54, 1.807) is 0 Å². The quantitative estimate of drug-likeness (QED) is 0.876. The molecule has 1 fully saturated rings. The van der Waals surface area contributed by atoms with Crippen LogP contribution in [0.2, 0.25) is 0 Å². The van der Waals surface area contributed by atoms with E-state index in [9.17, 15) is 9.90 Å². The molecule has 2 N–H and O–H groups in total. The first-order valence-electron chi connectivity index (χ1n) is 7.94. The summed E-state index contributed by atoms with van der Waals surface area (Å²) in [6.45, 7) is 0.505. The molecule has 6 nitrogen and oxygen atoms in total. The van der Waals surface area contributed by atoms with E-state index < -0.39 is 5.60 Å². The standard InChI is InChI=1S/C16H22N4O2/c21-15(12-16(22)8-3-1-4-9-16)17-10-7-14-19-18-13-6-2-5-11-20(13)14/h2,5-6,11,22H,1,3-4,7-10,12H2,(H,17,21). The molecule has 2 aromatic heterocycles. The summed E-state index contributed by atoms with van der Waals surface area (Å²) in [4.78, 5) is 12.0. The zero-order chi connectivity index (χ0) is 15.4. The number of carbonyl (C=O) groups is 1. The van der Waals surface area contributed by atoms with Crippen LogP contribution in [0.3, 0.4) is 0 Å². The third-order valence-corrected chi connectivity index (χ3v) is 4.33. The zero-order valence-corrected chi connectivity index (χ0v) is 12.7. The Hall–Kier alpha value is -1.95. The first kappa shape index (κ1) is 15.0. The highest BCUT2D eigenvalue weighted by Gasteiger charge is 2.31. The molecular formula is C16H22N4O2. The summed E-state index contributed by atoms with van der Waals surface area (Å²) in [5, 5.41) is 21.5. The molecule has 0 aliphatic heterocycles. The summed E-state index contributed by atoms with van der Waals surface area (Å²) in [5.74, 6) is 0.741. The lowest BCUT2D eigenvalue weighted by molar-refractivity contribution is -0.127. The van der Waals surface area contributed by atoms with E-state index >= 15 is 0 Å². The summed E-state index contributed by atoms with van der Waals surface area (Å²) in [5.41, 5.74) is 0.00418. The van der Waals surface area contributed by atoms with Gasteiger partial charge in [0.1, 0.15) is 5.82 Å². The number of aromatic nitrogens is 3. The second-order valence-electron chi connectivity index (χ2n) is 6.11. The highest BCUT2D eigenvalue weighted by atomic mass is 16.3. The number of carbonyl (C=O) groups excluding carboxylic acids is 1. The van der Waals surface area contributed by atoms with E-state index in [1.165, 1.54) is 0 Å². The average Bonchev–Trinajstić information content (AvgIpc) is 2.91. The zero-order valence-electron chi connectivity index (χ0n) is 12.7. The molecule has 0 unspecified atom stereocenters. The van der Waals surface area contributed by atoms with Crippen LogP contribution in [-0.2, 0) is 11.2 Å². The second kappa shape index (κ2) is 6.44. The van der Waals surface area contributed by atoms with Gasteiger partial charge in [-0.2, -0.15) is 0 Å². The van der Waals surface area contributed by atoms with Gasteiger partial charge < -0.3 is 10.4 Å². The van der Waals surface area contributed by atoms with Crippen molar-refractivity contribution in [3.8, 4) is 0 Å². The van der Waals surface area contributed by atoms with Crippen molar-refractivity contribution in [2.75, 3.05) is 6.54 Å². The van der Waals surface area contributed by atoms with Gasteiger partial charge in [0.2, 0.25) is 5.91 Å². The number of pyridine rings is 1. The lowest BCUT2D eigenvalue weighted by Crippen LogP contribution is -2.39. The number of amides is 1. The Kier molecular flexibility index (Phi) is 4.38. The Morgan fingerprint density at radius 1 is 1.27 bits per heavy atom. The summed E-state index contributed by atoms with van der Waals surface area (Å²) in [7, 11) is 0. The molecule has 118 valence electrons. The average molecular weight is 302 g/mol. The van der Waals surface area contributed by atoms with Crippen molar-refractivity contribution in [2.24, 2.45) is 0 Å². The molecule has 6 heteroatoms. The summed E-state index contributed by atoms with van der Waals surface area (Å²) in [6, 6.07) is 5.74. The van der Waals surface area contributed by atoms with Gasteiger partial charge in [-0.05, 0) is 25.0 Å². The first-order chi connectivity index (χ1) is 10.7. The van der Waals surface area contributed by atoms with Gasteiger partial charge in [-0.25, -0.2) is 0 Å². The molecule has 3 rings (SSSR count). The molecule has 2 aromatic rings. The molecule has 0 spiro atoms. The molecule has 0 aromatic carbocycles. The lowest BCUT2D eigenvalue weighted by atomic mass is 9.82. The van der Waals surface area contributed by atoms with Gasteiger partial charge in [0.05, 0.1) is 12.0 Å². The molecule has 0 atom stereocenters. The van der Waals surface area contributed by atoms with Crippen LogP contribution in [0.5, 0.6) is 0 Å². The number of nitrogens with one attached hydrogen (secondary N) is 1. The second-order valence-corrected chi connectivity index (χ2v) is 6.11. The molecule has 2 heterocycles. The van der Waals surface area contributed by atoms with Gasteiger partial charge in [0, 0.05) is 19.2 Å². The van der Waals surface area contributed by atoms with E-state index in [4.69, 9.17) is 0 Å². The summed E-state index contributed by atoms with van der Waals surface area (Å²) >= 11 is 0. The molecular weight excluding hydrogens is 280 g/mol. The van der Waals surface area contributed by atoms with Gasteiger partial charge in [-0.1, -0.05) is 25.3 Å². The molecule has 0 bridgehead atoms. The van der Waals surface area contributed by atoms with Crippen LogP contribution in [0.4, 0.5) is 0 Å². The summed E-state index contributed by atoms with van der Waals surface area (Å²) < 4.78 is 1.92. The minimum absolute atomic E-state index is 0.0850. The van der Waals surface area contributed by atoms with Crippen molar-refractivity contribution in [2.45, 2.75) is 50.5 Å². The van der Waals surface area contributed by atoms with Crippen molar-refractivity contribution in [3.05, 3.63) is 30.2 Å². The molecule has 1 aliphatic carbocycles. The number of hydrogen-bond donors (Lipinski definition) is 2. The van der Waals surface area contributed by atoms with Crippen LogP contribution in [0.25, 0.3) is 5.65 Å². The van der Waals surface area contributed by atoms with Crippen LogP contribution < -0.4 is 5.32 Å². The van der Waals surface area contributed by atoms with E-state index in [0.29, 0.717) is 13.0 Å². The van der Waals surface area contributed by atoms with E-state index in [0.717, 1.165) is 43.6 Å². The minimum atomic E-state index is -0.802. The van der Waals surface area contributed by atoms with Crippen molar-refractivity contribution in [1.82, 2.24) is 19.9 Å². The Bertz CT molecular complexity index is 646. The van der Waals surface area contributed by atoms with Crippen molar-refractivity contribution in [3.63, 3.8) is 0 Å². The maximum atomic E-state index is 12.0. The van der Waals surface area contributed by atoms with Gasteiger partial charge in [0.15, 0.2) is 5.65 Å². The topological polar surface area (TPSA) is 79.5 Å². The third kappa shape index (κ3) is 3.44. The normalized spacial score (nSPS) is 17.5. The predicted octanol–water partition coefficient (Wildman–Crippen LogP) is 1.47. The van der Waals surface area contributed by atoms with Crippen molar-refractivity contribution >= 4 is 11.6 Å². The van der Waals surface area contributed by atoms with Crippen LogP contribution >= 0.6 is 0 Å². The highest BCUT2D eigenvalue weighted by Crippen LogP contribution is 2.30. The van der Waals surface area contributed by atoms with Crippen LogP contribution in [0.1, 0.15) is 44.3 Å². The minimum Gasteiger partial charge on any atom is -0.389 e. The molecule has 1 saturated carbocycles. The Morgan fingerprint density at radius 2 is 2.09 bits per heavy atom. The first-order valence-corrected chi connectivity index (χ1v) is 7.94. The van der Waals surface area contributed by atoms with Crippen molar-refractivity contribution in [1.29, 1.82) is 0 Å². The Balaban J connectivity index is 1.49. The fourth-order valence-corrected chi connectivity index (χ4v) is 3.12. The fraction of sp³-hybridized carbons (Fsp3) is 0.562. The smallest absolute Gasteiger partial charge is 0.222 e.